The van der Waals surface area contributed by atoms with Crippen LogP contribution in [0.15, 0.2) is 23.1 Å². The topological polar surface area (TPSA) is 81.9 Å². The molecule has 0 aliphatic carbocycles. The number of nitrogens with zero attached hydrogens (tertiary/aromatic N) is 1. The highest BCUT2D eigenvalue weighted by Crippen LogP contribution is 2.32. The van der Waals surface area contributed by atoms with Gasteiger partial charge in [-0.25, -0.2) is 8.42 Å². The van der Waals surface area contributed by atoms with Crippen molar-refractivity contribution in [2.45, 2.75) is 31.6 Å². The van der Waals surface area contributed by atoms with E-state index in [0.717, 1.165) is 12.8 Å². The van der Waals surface area contributed by atoms with Gasteiger partial charge in [-0.05, 0) is 51.3 Å². The lowest BCUT2D eigenvalue weighted by atomic mass is 10.0. The average molecular weight is 342 g/mol. The molecule has 0 saturated carbocycles. The second kappa shape index (κ2) is 7.99. The number of hydrogen-bond acceptors (Lipinski definition) is 5. The Morgan fingerprint density at radius 3 is 2.57 bits per heavy atom. The first-order chi connectivity index (χ1) is 11.0. The maximum Gasteiger partial charge on any atom is 0.243 e. The number of hydrogen-bond donors (Lipinski definition) is 1. The van der Waals surface area contributed by atoms with Crippen LogP contribution in [0.25, 0.3) is 0 Å². The summed E-state index contributed by atoms with van der Waals surface area (Å²) >= 11 is 0. The second-order valence-electron chi connectivity index (χ2n) is 5.58. The van der Waals surface area contributed by atoms with Gasteiger partial charge < -0.3 is 15.2 Å². The fourth-order valence-electron chi connectivity index (χ4n) is 2.78. The van der Waals surface area contributed by atoms with E-state index in [4.69, 9.17) is 15.2 Å². The molecule has 1 unspecified atom stereocenters. The molecule has 0 bridgehead atoms. The van der Waals surface area contributed by atoms with E-state index in [1.54, 1.807) is 18.2 Å². The fourth-order valence-corrected chi connectivity index (χ4v) is 4.35. The highest BCUT2D eigenvalue weighted by molar-refractivity contribution is 7.89. The third kappa shape index (κ3) is 4.16. The molecule has 1 aliphatic rings. The van der Waals surface area contributed by atoms with Crippen molar-refractivity contribution in [3.8, 4) is 11.5 Å². The Balaban J connectivity index is 2.30. The molecule has 130 valence electrons. The maximum absolute atomic E-state index is 12.9. The molecule has 1 saturated heterocycles. The number of piperidine rings is 1. The van der Waals surface area contributed by atoms with Crippen LogP contribution in [0.4, 0.5) is 0 Å². The molecule has 1 heterocycles. The smallest absolute Gasteiger partial charge is 0.243 e. The van der Waals surface area contributed by atoms with Gasteiger partial charge in [0, 0.05) is 19.2 Å². The van der Waals surface area contributed by atoms with Crippen LogP contribution < -0.4 is 15.2 Å². The Morgan fingerprint density at radius 1 is 1.22 bits per heavy atom. The lowest BCUT2D eigenvalue weighted by molar-refractivity contribution is 0.270. The quantitative estimate of drug-likeness (QED) is 0.818. The fraction of sp³-hybridized carbons (Fsp3) is 0.625. The number of ether oxygens (including phenoxy) is 2. The third-order valence-corrected chi connectivity index (χ3v) is 5.83. The summed E-state index contributed by atoms with van der Waals surface area (Å²) in [5.41, 5.74) is 5.71. The van der Waals surface area contributed by atoms with Gasteiger partial charge in [-0.1, -0.05) is 0 Å². The van der Waals surface area contributed by atoms with E-state index < -0.39 is 10.0 Å². The van der Waals surface area contributed by atoms with Crippen molar-refractivity contribution < 1.29 is 17.9 Å². The molecule has 0 radical (unpaired) electrons. The van der Waals surface area contributed by atoms with Crippen molar-refractivity contribution in [3.63, 3.8) is 0 Å². The van der Waals surface area contributed by atoms with Crippen molar-refractivity contribution >= 4 is 10.0 Å². The first-order valence-electron chi connectivity index (χ1n) is 8.12. The number of rotatable bonds is 7. The summed E-state index contributed by atoms with van der Waals surface area (Å²) in [6.45, 7) is 6.21. The van der Waals surface area contributed by atoms with E-state index in [0.29, 0.717) is 44.3 Å². The van der Waals surface area contributed by atoms with Crippen LogP contribution >= 0.6 is 0 Å². The predicted molar refractivity (Wildman–Crippen MR) is 89.3 cm³/mol. The summed E-state index contributed by atoms with van der Waals surface area (Å²) in [4.78, 5) is 0.238. The first-order valence-corrected chi connectivity index (χ1v) is 9.56. The Kier molecular flexibility index (Phi) is 6.26. The molecule has 0 spiro atoms. The van der Waals surface area contributed by atoms with Crippen LogP contribution in [-0.4, -0.2) is 45.6 Å². The summed E-state index contributed by atoms with van der Waals surface area (Å²) in [6.07, 6.45) is 1.83. The van der Waals surface area contributed by atoms with E-state index in [1.165, 1.54) is 4.31 Å². The van der Waals surface area contributed by atoms with Gasteiger partial charge in [-0.15, -0.1) is 0 Å². The van der Waals surface area contributed by atoms with Gasteiger partial charge in [-0.3, -0.25) is 0 Å². The molecule has 6 nitrogen and oxygen atoms in total. The van der Waals surface area contributed by atoms with Crippen LogP contribution in [-0.2, 0) is 10.0 Å². The Morgan fingerprint density at radius 2 is 1.91 bits per heavy atom. The lowest BCUT2D eigenvalue weighted by Gasteiger charge is -2.31. The summed E-state index contributed by atoms with van der Waals surface area (Å²) in [5.74, 6) is 1.25. The van der Waals surface area contributed by atoms with Crippen LogP contribution in [0, 0.1) is 5.92 Å². The van der Waals surface area contributed by atoms with E-state index in [1.807, 2.05) is 13.8 Å². The largest absolute Gasteiger partial charge is 0.490 e. The van der Waals surface area contributed by atoms with Gasteiger partial charge in [0.25, 0.3) is 0 Å². The molecule has 1 aliphatic heterocycles. The second-order valence-corrected chi connectivity index (χ2v) is 7.52. The van der Waals surface area contributed by atoms with Crippen LogP contribution in [0.3, 0.4) is 0 Å². The van der Waals surface area contributed by atoms with Gasteiger partial charge in [0.1, 0.15) is 0 Å². The van der Waals surface area contributed by atoms with Crippen LogP contribution in [0.2, 0.25) is 0 Å². The van der Waals surface area contributed by atoms with Crippen molar-refractivity contribution in [1.82, 2.24) is 4.31 Å². The summed E-state index contributed by atoms with van der Waals surface area (Å²) in [5, 5.41) is 0. The SMILES string of the molecule is CCOc1ccc(S(=O)(=O)N2CCCC(CN)C2)cc1OCC. The Hall–Kier alpha value is -1.31. The van der Waals surface area contributed by atoms with Crippen molar-refractivity contribution in [1.29, 1.82) is 0 Å². The molecular formula is C16H26N2O4S. The molecule has 0 aromatic heterocycles. The van der Waals surface area contributed by atoms with Crippen molar-refractivity contribution in [2.24, 2.45) is 11.7 Å². The zero-order valence-electron chi connectivity index (χ0n) is 13.8. The number of nitrogens with two attached hydrogens (primary N) is 1. The summed E-state index contributed by atoms with van der Waals surface area (Å²) < 4.78 is 38.3. The molecule has 23 heavy (non-hydrogen) atoms. The van der Waals surface area contributed by atoms with Gasteiger partial charge in [0.15, 0.2) is 11.5 Å². The highest BCUT2D eigenvalue weighted by Gasteiger charge is 2.30. The normalized spacial score (nSPS) is 19.5. The van der Waals surface area contributed by atoms with E-state index in [2.05, 4.69) is 0 Å². The highest BCUT2D eigenvalue weighted by atomic mass is 32.2. The number of sulfonamides is 1. The maximum atomic E-state index is 12.9. The molecule has 1 fully saturated rings. The predicted octanol–water partition coefficient (Wildman–Crippen LogP) is 1.84. The minimum atomic E-state index is -3.54. The van der Waals surface area contributed by atoms with E-state index >= 15 is 0 Å². The Bertz CT molecular complexity index is 619. The minimum absolute atomic E-state index is 0.229. The average Bonchev–Trinajstić information content (AvgIpc) is 2.57. The van der Waals surface area contributed by atoms with E-state index in [-0.39, 0.29) is 10.8 Å². The van der Waals surface area contributed by atoms with Crippen molar-refractivity contribution in [3.05, 3.63) is 18.2 Å². The Labute approximate surface area is 138 Å². The van der Waals surface area contributed by atoms with Crippen molar-refractivity contribution in [2.75, 3.05) is 32.8 Å². The zero-order valence-corrected chi connectivity index (χ0v) is 14.6. The first kappa shape index (κ1) is 18.0. The minimum Gasteiger partial charge on any atom is -0.490 e. The molecule has 1 atom stereocenters. The number of benzene rings is 1. The van der Waals surface area contributed by atoms with Crippen LogP contribution in [0.5, 0.6) is 11.5 Å². The van der Waals surface area contributed by atoms with Gasteiger partial charge >= 0.3 is 0 Å². The monoisotopic (exact) mass is 342 g/mol. The van der Waals surface area contributed by atoms with Gasteiger partial charge in [0.05, 0.1) is 18.1 Å². The molecule has 0 amide bonds. The van der Waals surface area contributed by atoms with E-state index in [9.17, 15) is 8.42 Å². The molecule has 2 N–H and O–H groups in total. The molecule has 2 rings (SSSR count). The molecule has 1 aromatic rings. The lowest BCUT2D eigenvalue weighted by Crippen LogP contribution is -2.41. The third-order valence-electron chi connectivity index (χ3n) is 3.97. The standard InChI is InChI=1S/C16H26N2O4S/c1-3-21-15-8-7-14(10-16(15)22-4-2)23(19,20)18-9-5-6-13(11-17)12-18/h7-8,10,13H,3-6,9,11-12,17H2,1-2H3. The van der Waals surface area contributed by atoms with Gasteiger partial charge in [0.2, 0.25) is 10.0 Å². The summed E-state index contributed by atoms with van der Waals surface area (Å²) in [6, 6.07) is 4.79. The molecular weight excluding hydrogens is 316 g/mol. The zero-order chi connectivity index (χ0) is 16.9. The summed E-state index contributed by atoms with van der Waals surface area (Å²) in [7, 11) is -3.54. The molecule has 1 aromatic carbocycles. The molecule has 7 heteroatoms. The van der Waals surface area contributed by atoms with Crippen LogP contribution in [0.1, 0.15) is 26.7 Å². The van der Waals surface area contributed by atoms with Gasteiger partial charge in [-0.2, -0.15) is 4.31 Å².